The van der Waals surface area contributed by atoms with Gasteiger partial charge in [-0.05, 0) is 66.1 Å². The van der Waals surface area contributed by atoms with Crippen molar-refractivity contribution >= 4 is 28.8 Å². The van der Waals surface area contributed by atoms with Crippen molar-refractivity contribution in [2.45, 2.75) is 20.4 Å². The highest BCUT2D eigenvalue weighted by Gasteiger charge is 2.15. The molecule has 0 aliphatic heterocycles. The zero-order chi connectivity index (χ0) is 25.1. The van der Waals surface area contributed by atoms with Crippen LogP contribution in [0.4, 0.5) is 4.39 Å². The number of nitrogens with zero attached hydrogens (tertiary/aromatic N) is 3. The fourth-order valence-corrected chi connectivity index (χ4v) is 4.29. The van der Waals surface area contributed by atoms with E-state index in [2.05, 4.69) is 50.0 Å². The fraction of sp³-hybridized carbons (Fsp3) is 0.138. The number of nitrogens with one attached hydrogen (secondary N) is 3. The predicted molar refractivity (Wildman–Crippen MR) is 144 cm³/mol. The average molecular weight is 479 g/mol. The van der Waals surface area contributed by atoms with E-state index in [9.17, 15) is 4.39 Å². The molecule has 0 fully saturated rings. The summed E-state index contributed by atoms with van der Waals surface area (Å²) in [6, 6.07) is 12.7. The Morgan fingerprint density at radius 1 is 1.14 bits per heavy atom. The predicted octanol–water partition coefficient (Wildman–Crippen LogP) is 4.56. The Balaban J connectivity index is 1.60. The van der Waals surface area contributed by atoms with Gasteiger partial charge in [-0.1, -0.05) is 37.8 Å². The topological polar surface area (TPSA) is 82.3 Å². The molecule has 0 amide bonds. The minimum absolute atomic E-state index is 0.273. The maximum Gasteiger partial charge on any atom is 0.138 e. The van der Waals surface area contributed by atoms with Crippen molar-refractivity contribution in [3.63, 3.8) is 0 Å². The van der Waals surface area contributed by atoms with Gasteiger partial charge < -0.3 is 10.3 Å². The van der Waals surface area contributed by atoms with Gasteiger partial charge in [0.15, 0.2) is 0 Å². The zero-order valence-electron chi connectivity index (χ0n) is 20.3. The Hall–Kier alpha value is -4.36. The first-order chi connectivity index (χ1) is 17.6. The summed E-state index contributed by atoms with van der Waals surface area (Å²) >= 11 is 0. The van der Waals surface area contributed by atoms with Crippen LogP contribution in [0.3, 0.4) is 0 Å². The number of benzene rings is 1. The lowest BCUT2D eigenvalue weighted by molar-refractivity contribution is 0.631. The van der Waals surface area contributed by atoms with E-state index in [0.29, 0.717) is 11.2 Å². The van der Waals surface area contributed by atoms with E-state index in [0.717, 1.165) is 62.7 Å². The molecule has 0 aliphatic rings. The van der Waals surface area contributed by atoms with Crippen LogP contribution < -0.4 is 15.9 Å². The van der Waals surface area contributed by atoms with Gasteiger partial charge in [0.05, 0.1) is 11.0 Å². The average Bonchev–Trinajstić information content (AvgIpc) is 3.51. The van der Waals surface area contributed by atoms with Crippen molar-refractivity contribution in [2.24, 2.45) is 0 Å². The molecule has 5 rings (SSSR count). The monoisotopic (exact) mass is 478 g/mol. The molecule has 5 aromatic rings. The van der Waals surface area contributed by atoms with Crippen LogP contribution in [0.5, 0.6) is 0 Å². The molecule has 0 aliphatic carbocycles. The van der Waals surface area contributed by atoms with Gasteiger partial charge in [-0.3, -0.25) is 10.1 Å². The highest BCUT2D eigenvalue weighted by molar-refractivity contribution is 5.96. The number of hydrogen-bond donors (Lipinski definition) is 3. The molecule has 36 heavy (non-hydrogen) atoms. The number of pyridine rings is 2. The van der Waals surface area contributed by atoms with Gasteiger partial charge in [-0.15, -0.1) is 0 Å². The summed E-state index contributed by atoms with van der Waals surface area (Å²) in [6.45, 7) is 9.98. The summed E-state index contributed by atoms with van der Waals surface area (Å²) in [4.78, 5) is 12.2. The standard InChI is InChI=1S/C29H27FN6/c1-4-26-24(12-18(3)20-13-19(15-31-5-2)16-32-17-20)28(36-35-26)27-14-23-21(10-11-33-29(23)34-27)22-8-6-7-9-25(22)30/h4,6-14,16-17,31,35H,3,5,15H2,1-2H3,(H,33,34)/b24-12+,26-4+. The third kappa shape index (κ3) is 4.48. The summed E-state index contributed by atoms with van der Waals surface area (Å²) in [6.07, 6.45) is 9.35. The Labute approximate surface area is 208 Å². The normalized spacial score (nSPS) is 12.5. The van der Waals surface area contributed by atoms with E-state index in [4.69, 9.17) is 0 Å². The Morgan fingerprint density at radius 2 is 2.00 bits per heavy atom. The molecule has 0 unspecified atom stereocenters. The summed E-state index contributed by atoms with van der Waals surface area (Å²) < 4.78 is 14.6. The highest BCUT2D eigenvalue weighted by atomic mass is 19.1. The Morgan fingerprint density at radius 3 is 2.81 bits per heavy atom. The molecule has 6 nitrogen and oxygen atoms in total. The van der Waals surface area contributed by atoms with Gasteiger partial charge >= 0.3 is 0 Å². The smallest absolute Gasteiger partial charge is 0.138 e. The molecule has 180 valence electrons. The van der Waals surface area contributed by atoms with Gasteiger partial charge in [0.25, 0.3) is 0 Å². The molecule has 3 N–H and O–H groups in total. The van der Waals surface area contributed by atoms with Gasteiger partial charge in [0.1, 0.15) is 17.2 Å². The largest absolute Gasteiger partial charge is 0.338 e. The quantitative estimate of drug-likeness (QED) is 0.320. The lowest BCUT2D eigenvalue weighted by Gasteiger charge is -2.05. The maximum atomic E-state index is 14.6. The van der Waals surface area contributed by atoms with E-state index in [-0.39, 0.29) is 5.82 Å². The molecule has 0 atom stereocenters. The van der Waals surface area contributed by atoms with E-state index < -0.39 is 0 Å². The first-order valence-electron chi connectivity index (χ1n) is 11.9. The van der Waals surface area contributed by atoms with E-state index in [1.807, 2.05) is 49.7 Å². The van der Waals surface area contributed by atoms with E-state index in [1.54, 1.807) is 18.3 Å². The molecule has 0 radical (unpaired) electrons. The highest BCUT2D eigenvalue weighted by Crippen LogP contribution is 2.31. The molecule has 0 spiro atoms. The minimum atomic E-state index is -0.273. The van der Waals surface area contributed by atoms with Crippen molar-refractivity contribution in [1.29, 1.82) is 0 Å². The number of fused-ring (bicyclic) bond motifs is 1. The Bertz CT molecular complexity index is 1680. The minimum Gasteiger partial charge on any atom is -0.338 e. The van der Waals surface area contributed by atoms with Crippen molar-refractivity contribution in [1.82, 2.24) is 30.5 Å². The third-order valence-electron chi connectivity index (χ3n) is 6.14. The lowest BCUT2D eigenvalue weighted by Crippen LogP contribution is -2.23. The number of aromatic nitrogens is 5. The number of H-pyrrole nitrogens is 2. The summed E-state index contributed by atoms with van der Waals surface area (Å²) in [5, 5.41) is 13.6. The van der Waals surface area contributed by atoms with Crippen molar-refractivity contribution in [2.75, 3.05) is 6.54 Å². The molecular formula is C29H27FN6. The summed E-state index contributed by atoms with van der Waals surface area (Å²) in [5.41, 5.74) is 6.36. The van der Waals surface area contributed by atoms with Crippen LogP contribution in [0, 0.1) is 5.82 Å². The summed E-state index contributed by atoms with van der Waals surface area (Å²) in [7, 11) is 0. The van der Waals surface area contributed by atoms with Gasteiger partial charge in [-0.25, -0.2) is 9.37 Å². The van der Waals surface area contributed by atoms with Crippen LogP contribution in [-0.2, 0) is 6.54 Å². The second-order valence-electron chi connectivity index (χ2n) is 8.50. The van der Waals surface area contributed by atoms with Crippen LogP contribution >= 0.6 is 0 Å². The van der Waals surface area contributed by atoms with Gasteiger partial charge in [-0.2, -0.15) is 5.10 Å². The maximum absolute atomic E-state index is 14.6. The molecule has 1 aromatic carbocycles. The second kappa shape index (κ2) is 10.1. The molecule has 0 saturated carbocycles. The zero-order valence-corrected chi connectivity index (χ0v) is 20.3. The SMILES string of the molecule is C=C(/C=c1/c(-c2cc3c(-c4ccccc4F)ccnc3[nH]2)n[nH]/c1=C/C)c1cncc(CNCC)c1. The Kier molecular flexibility index (Phi) is 6.56. The number of allylic oxidation sites excluding steroid dienone is 1. The van der Waals surface area contributed by atoms with Crippen molar-refractivity contribution < 1.29 is 4.39 Å². The number of halogens is 1. The van der Waals surface area contributed by atoms with Gasteiger partial charge in [0, 0.05) is 41.3 Å². The molecule has 4 heterocycles. The van der Waals surface area contributed by atoms with Crippen LogP contribution in [0.15, 0.2) is 67.6 Å². The fourth-order valence-electron chi connectivity index (χ4n) is 4.29. The molecule has 4 aromatic heterocycles. The van der Waals surface area contributed by atoms with Crippen molar-refractivity contribution in [3.8, 4) is 22.5 Å². The van der Waals surface area contributed by atoms with Crippen LogP contribution in [0.2, 0.25) is 0 Å². The van der Waals surface area contributed by atoms with E-state index >= 15 is 0 Å². The number of rotatable bonds is 7. The lowest BCUT2D eigenvalue weighted by atomic mass is 10.0. The first-order valence-corrected chi connectivity index (χ1v) is 11.9. The number of hydrogen-bond acceptors (Lipinski definition) is 4. The molecule has 7 heteroatoms. The van der Waals surface area contributed by atoms with Crippen molar-refractivity contribution in [3.05, 3.63) is 95.1 Å². The van der Waals surface area contributed by atoms with E-state index in [1.165, 1.54) is 6.07 Å². The third-order valence-corrected chi connectivity index (χ3v) is 6.14. The van der Waals surface area contributed by atoms with Gasteiger partial charge in [0.2, 0.25) is 0 Å². The van der Waals surface area contributed by atoms with Crippen LogP contribution in [0.25, 0.3) is 51.3 Å². The first kappa shape index (κ1) is 23.4. The molecular weight excluding hydrogens is 451 g/mol. The summed E-state index contributed by atoms with van der Waals surface area (Å²) in [5.74, 6) is -0.273. The van der Waals surface area contributed by atoms with Crippen LogP contribution in [-0.4, -0.2) is 31.7 Å². The molecule has 0 saturated heterocycles. The number of aromatic amines is 2. The van der Waals surface area contributed by atoms with Crippen LogP contribution in [0.1, 0.15) is 25.0 Å². The second-order valence-corrected chi connectivity index (χ2v) is 8.50. The molecule has 0 bridgehead atoms.